The number of nitrogens with zero attached hydrogens (tertiary/aromatic N) is 1. The second-order valence-corrected chi connectivity index (χ2v) is 14.4. The predicted octanol–water partition coefficient (Wildman–Crippen LogP) is 4.79. The van der Waals surface area contributed by atoms with Gasteiger partial charge in [-0.15, -0.1) is 0 Å². The van der Waals surface area contributed by atoms with Crippen LogP contribution in [0.5, 0.6) is 0 Å². The average molecular weight is 647 g/mol. The van der Waals surface area contributed by atoms with E-state index in [2.05, 4.69) is 41.6 Å². The van der Waals surface area contributed by atoms with Crippen LogP contribution in [0.1, 0.15) is 97.0 Å². The number of hydrogen-bond acceptors (Lipinski definition) is 7. The monoisotopic (exact) mass is 646 g/mol. The minimum atomic E-state index is -0.991. The molecule has 1 aliphatic heterocycles. The molecule has 0 spiro atoms. The van der Waals surface area contributed by atoms with E-state index in [0.29, 0.717) is 25.1 Å². The first-order valence-electron chi connectivity index (χ1n) is 17.3. The summed E-state index contributed by atoms with van der Waals surface area (Å²) in [6, 6.07) is 7.04. The number of unbranched alkanes of at least 4 members (excludes halogenated alkanes) is 1. The number of morpholine rings is 1. The molecule has 1 aliphatic rings. The maximum absolute atomic E-state index is 13.5. The average Bonchev–Trinajstić information content (AvgIpc) is 2.99. The van der Waals surface area contributed by atoms with Crippen molar-refractivity contribution in [2.45, 2.75) is 105 Å². The summed E-state index contributed by atoms with van der Waals surface area (Å²) in [6.07, 6.45) is 1.63. The molecule has 0 aliphatic carbocycles. The van der Waals surface area contributed by atoms with Crippen LogP contribution in [0.25, 0.3) is 0 Å². The van der Waals surface area contributed by atoms with Crippen LogP contribution >= 0.6 is 0 Å². The molecule has 2 rings (SSSR count). The summed E-state index contributed by atoms with van der Waals surface area (Å²) in [6.45, 7) is 20.6. The molecule has 0 unspecified atom stereocenters. The standard InChI is InChI=1S/C36H62N4O6/c1-9-10-16-37-34(43)30(26(4)5)23-32(41)31(39-35(44)46-36(6,7)8)22-28(25(2)3)24-38-33(42)29-14-12-11-13-27(29)15-17-40-18-20-45-21-19-40/h11-14,25-26,28,30-32,41H,9-10,15-24H2,1-8H3,(H,37,43)(H,38,42)(H,39,44)/t28-,30+,31+,32+/m1/s1. The molecular formula is C36H62N4O6. The molecule has 0 radical (unpaired) electrons. The van der Waals surface area contributed by atoms with Crippen molar-refractivity contribution < 1.29 is 29.0 Å². The third-order valence-corrected chi connectivity index (χ3v) is 8.72. The van der Waals surface area contributed by atoms with Crippen molar-refractivity contribution in [2.75, 3.05) is 45.9 Å². The molecule has 1 saturated heterocycles. The van der Waals surface area contributed by atoms with Crippen LogP contribution in [0.2, 0.25) is 0 Å². The lowest BCUT2D eigenvalue weighted by Gasteiger charge is -2.33. The van der Waals surface area contributed by atoms with Crippen molar-refractivity contribution in [1.29, 1.82) is 0 Å². The van der Waals surface area contributed by atoms with Crippen molar-refractivity contribution in [3.63, 3.8) is 0 Å². The Morgan fingerprint density at radius 3 is 2.28 bits per heavy atom. The number of alkyl carbamates (subject to hydrolysis) is 1. The van der Waals surface area contributed by atoms with Crippen molar-refractivity contribution in [3.8, 4) is 0 Å². The molecule has 262 valence electrons. The Kier molecular flexibility index (Phi) is 17.0. The lowest BCUT2D eigenvalue weighted by molar-refractivity contribution is -0.127. The van der Waals surface area contributed by atoms with E-state index in [4.69, 9.17) is 9.47 Å². The van der Waals surface area contributed by atoms with Gasteiger partial charge in [0, 0.05) is 44.2 Å². The molecule has 1 heterocycles. The van der Waals surface area contributed by atoms with E-state index in [0.717, 1.165) is 57.7 Å². The molecule has 1 aromatic rings. The number of benzene rings is 1. The molecule has 1 aromatic carbocycles. The van der Waals surface area contributed by atoms with E-state index in [1.54, 1.807) is 20.8 Å². The summed E-state index contributed by atoms with van der Waals surface area (Å²) in [7, 11) is 0. The third-order valence-electron chi connectivity index (χ3n) is 8.72. The van der Waals surface area contributed by atoms with Crippen LogP contribution in [0.3, 0.4) is 0 Å². The van der Waals surface area contributed by atoms with Gasteiger partial charge >= 0.3 is 6.09 Å². The summed E-state index contributed by atoms with van der Waals surface area (Å²) in [4.78, 5) is 41.8. The van der Waals surface area contributed by atoms with Gasteiger partial charge < -0.3 is 30.5 Å². The fraction of sp³-hybridized carbons (Fsp3) is 0.750. The van der Waals surface area contributed by atoms with Gasteiger partial charge in [-0.1, -0.05) is 59.2 Å². The fourth-order valence-corrected chi connectivity index (χ4v) is 5.70. The summed E-state index contributed by atoms with van der Waals surface area (Å²) >= 11 is 0. The number of nitrogens with one attached hydrogen (secondary N) is 3. The predicted molar refractivity (Wildman–Crippen MR) is 183 cm³/mol. The van der Waals surface area contributed by atoms with E-state index >= 15 is 0 Å². The van der Waals surface area contributed by atoms with Crippen LogP contribution < -0.4 is 16.0 Å². The van der Waals surface area contributed by atoms with Gasteiger partial charge in [0.25, 0.3) is 5.91 Å². The van der Waals surface area contributed by atoms with Crippen LogP contribution in [-0.2, 0) is 20.7 Å². The second kappa shape index (κ2) is 19.9. The molecule has 0 bridgehead atoms. The molecule has 10 heteroatoms. The molecule has 1 fully saturated rings. The highest BCUT2D eigenvalue weighted by Crippen LogP contribution is 2.25. The lowest BCUT2D eigenvalue weighted by atomic mass is 9.82. The van der Waals surface area contributed by atoms with Gasteiger partial charge in [-0.2, -0.15) is 0 Å². The van der Waals surface area contributed by atoms with Gasteiger partial charge in [-0.25, -0.2) is 4.79 Å². The zero-order chi connectivity index (χ0) is 34.3. The molecular weight excluding hydrogens is 584 g/mol. The Bertz CT molecular complexity index is 1070. The lowest BCUT2D eigenvalue weighted by Crippen LogP contribution is -2.49. The van der Waals surface area contributed by atoms with Gasteiger partial charge in [0.1, 0.15) is 5.60 Å². The van der Waals surface area contributed by atoms with E-state index in [1.807, 2.05) is 38.1 Å². The van der Waals surface area contributed by atoms with Crippen LogP contribution in [-0.4, -0.2) is 91.6 Å². The number of amides is 3. The van der Waals surface area contributed by atoms with Crippen molar-refractivity contribution in [3.05, 3.63) is 35.4 Å². The van der Waals surface area contributed by atoms with Crippen molar-refractivity contribution >= 4 is 17.9 Å². The Balaban J connectivity index is 2.16. The number of rotatable bonds is 18. The quantitative estimate of drug-likeness (QED) is 0.169. The molecule has 4 atom stereocenters. The van der Waals surface area contributed by atoms with Crippen LogP contribution in [0, 0.1) is 23.7 Å². The van der Waals surface area contributed by atoms with Crippen LogP contribution in [0.4, 0.5) is 4.79 Å². The fourth-order valence-electron chi connectivity index (χ4n) is 5.70. The highest BCUT2D eigenvalue weighted by Gasteiger charge is 2.33. The number of hydrogen-bond donors (Lipinski definition) is 4. The van der Waals surface area contributed by atoms with Crippen LogP contribution in [0.15, 0.2) is 24.3 Å². The molecule has 0 saturated carbocycles. The van der Waals surface area contributed by atoms with E-state index in [1.165, 1.54) is 0 Å². The Morgan fingerprint density at radius 2 is 1.67 bits per heavy atom. The van der Waals surface area contributed by atoms with Gasteiger partial charge in [0.2, 0.25) is 5.91 Å². The van der Waals surface area contributed by atoms with Crippen molar-refractivity contribution in [1.82, 2.24) is 20.9 Å². The first kappa shape index (κ1) is 39.5. The third kappa shape index (κ3) is 14.4. The maximum Gasteiger partial charge on any atom is 0.407 e. The maximum atomic E-state index is 13.5. The topological polar surface area (TPSA) is 129 Å². The minimum absolute atomic E-state index is 0.00181. The van der Waals surface area contributed by atoms with Gasteiger partial charge in [-0.05, 0) is 75.8 Å². The number of carbonyl (C=O) groups excluding carboxylic acids is 3. The minimum Gasteiger partial charge on any atom is -0.444 e. The SMILES string of the molecule is CCCCNC(=O)[C@@H](C[C@H](O)[C@H](C[C@H](CNC(=O)c1ccccc1CCN1CCOCC1)C(C)C)NC(=O)OC(C)(C)C)C(C)C. The van der Waals surface area contributed by atoms with E-state index in [9.17, 15) is 19.5 Å². The Hall–Kier alpha value is -2.69. The number of aliphatic hydroxyl groups excluding tert-OH is 1. The number of aliphatic hydroxyl groups is 1. The zero-order valence-electron chi connectivity index (χ0n) is 29.7. The van der Waals surface area contributed by atoms with E-state index < -0.39 is 29.8 Å². The van der Waals surface area contributed by atoms with Crippen molar-refractivity contribution in [2.24, 2.45) is 23.7 Å². The highest BCUT2D eigenvalue weighted by atomic mass is 16.6. The summed E-state index contributed by atoms with van der Waals surface area (Å²) in [5.41, 5.74) is 0.958. The first-order valence-corrected chi connectivity index (χ1v) is 17.3. The van der Waals surface area contributed by atoms with Gasteiger partial charge in [0.05, 0.1) is 25.4 Å². The second-order valence-electron chi connectivity index (χ2n) is 14.4. The molecule has 46 heavy (non-hydrogen) atoms. The van der Waals surface area contributed by atoms with E-state index in [-0.39, 0.29) is 36.0 Å². The molecule has 10 nitrogen and oxygen atoms in total. The van der Waals surface area contributed by atoms with Gasteiger partial charge in [0.15, 0.2) is 0 Å². The largest absolute Gasteiger partial charge is 0.444 e. The first-order chi connectivity index (χ1) is 21.7. The summed E-state index contributed by atoms with van der Waals surface area (Å²) < 4.78 is 11.0. The Morgan fingerprint density at radius 1 is 1.00 bits per heavy atom. The highest BCUT2D eigenvalue weighted by molar-refractivity contribution is 5.95. The Labute approximate surface area is 277 Å². The number of ether oxygens (including phenoxy) is 2. The molecule has 4 N–H and O–H groups in total. The summed E-state index contributed by atoms with van der Waals surface area (Å²) in [5.74, 6) is -0.550. The smallest absolute Gasteiger partial charge is 0.407 e. The number of carbonyl (C=O) groups is 3. The molecule has 3 amide bonds. The van der Waals surface area contributed by atoms with Gasteiger partial charge in [-0.3, -0.25) is 14.5 Å². The normalized spacial score (nSPS) is 16.8. The summed E-state index contributed by atoms with van der Waals surface area (Å²) in [5, 5.41) is 20.6. The molecule has 0 aromatic heterocycles. The zero-order valence-corrected chi connectivity index (χ0v) is 29.7.